The van der Waals surface area contributed by atoms with Crippen molar-refractivity contribution in [1.29, 1.82) is 0 Å². The third-order valence-electron chi connectivity index (χ3n) is 5.40. The topological polar surface area (TPSA) is 68.8 Å². The van der Waals surface area contributed by atoms with Crippen LogP contribution >= 0.6 is 24.0 Å². The summed E-state index contributed by atoms with van der Waals surface area (Å²) in [4.78, 5) is 18.9. The van der Waals surface area contributed by atoms with Crippen LogP contribution in [0.2, 0.25) is 0 Å². The molecule has 1 saturated heterocycles. The number of rotatable bonds is 7. The summed E-state index contributed by atoms with van der Waals surface area (Å²) >= 11 is 0. The maximum absolute atomic E-state index is 12.0. The molecule has 2 aromatic carbocycles. The van der Waals surface area contributed by atoms with Crippen molar-refractivity contribution < 1.29 is 4.79 Å². The Bertz CT molecular complexity index is 880. The zero-order valence-electron chi connectivity index (χ0n) is 18.6. The van der Waals surface area contributed by atoms with E-state index in [2.05, 4.69) is 57.0 Å². The second kappa shape index (κ2) is 12.5. The summed E-state index contributed by atoms with van der Waals surface area (Å²) in [6, 6.07) is 16.5. The lowest BCUT2D eigenvalue weighted by molar-refractivity contribution is 0.0955. The van der Waals surface area contributed by atoms with Crippen LogP contribution < -0.4 is 20.9 Å². The lowest BCUT2D eigenvalue weighted by Crippen LogP contribution is -2.38. The number of guanidine groups is 1. The first-order valence-electron chi connectivity index (χ1n) is 10.8. The molecule has 0 saturated carbocycles. The van der Waals surface area contributed by atoms with E-state index in [1.54, 1.807) is 7.05 Å². The van der Waals surface area contributed by atoms with Crippen LogP contribution in [0.3, 0.4) is 0 Å². The van der Waals surface area contributed by atoms with Crippen LogP contribution in [0.1, 0.15) is 54.2 Å². The van der Waals surface area contributed by atoms with Crippen molar-refractivity contribution in [2.45, 2.75) is 39.3 Å². The fraction of sp³-hybridized carbons (Fsp3) is 0.417. The van der Waals surface area contributed by atoms with E-state index in [1.807, 2.05) is 31.2 Å². The molecule has 1 aliphatic heterocycles. The van der Waals surface area contributed by atoms with Gasteiger partial charge in [-0.1, -0.05) is 24.3 Å². The number of carbonyl (C=O) groups excluding carboxylic acids is 1. The van der Waals surface area contributed by atoms with Crippen molar-refractivity contribution in [2.75, 3.05) is 31.6 Å². The zero-order chi connectivity index (χ0) is 21.3. The van der Waals surface area contributed by atoms with Gasteiger partial charge in [-0.25, -0.2) is 0 Å². The predicted octanol–water partition coefficient (Wildman–Crippen LogP) is 4.08. The number of anilines is 1. The highest BCUT2D eigenvalue weighted by Crippen LogP contribution is 2.23. The second-order valence-corrected chi connectivity index (χ2v) is 7.64. The van der Waals surface area contributed by atoms with Crippen LogP contribution in [0, 0.1) is 0 Å². The molecule has 1 heterocycles. The lowest BCUT2D eigenvalue weighted by Gasteiger charge is -2.22. The number of nitrogens with one attached hydrogen (secondary N) is 3. The van der Waals surface area contributed by atoms with Gasteiger partial charge in [0.25, 0.3) is 5.91 Å². The molecule has 168 valence electrons. The summed E-state index contributed by atoms with van der Waals surface area (Å²) in [6.07, 6.45) is 2.55. The maximum Gasteiger partial charge on any atom is 0.251 e. The van der Waals surface area contributed by atoms with Crippen molar-refractivity contribution in [1.82, 2.24) is 16.0 Å². The average Bonchev–Trinajstić information content (AvgIpc) is 3.32. The summed E-state index contributed by atoms with van der Waals surface area (Å²) in [6.45, 7) is 7.56. The minimum Gasteiger partial charge on any atom is -0.372 e. The van der Waals surface area contributed by atoms with Gasteiger partial charge in [0.05, 0.1) is 6.04 Å². The predicted molar refractivity (Wildman–Crippen MR) is 140 cm³/mol. The highest BCUT2D eigenvalue weighted by molar-refractivity contribution is 14.0. The van der Waals surface area contributed by atoms with Crippen LogP contribution in [-0.4, -0.2) is 38.5 Å². The molecule has 3 rings (SSSR count). The van der Waals surface area contributed by atoms with Gasteiger partial charge in [0, 0.05) is 44.5 Å². The molecule has 31 heavy (non-hydrogen) atoms. The molecule has 0 aliphatic carbocycles. The molecular formula is C24H34IN5O. The Balaban J connectivity index is 0.00000341. The number of amides is 1. The van der Waals surface area contributed by atoms with Crippen molar-refractivity contribution >= 4 is 41.5 Å². The first-order valence-corrected chi connectivity index (χ1v) is 10.8. The van der Waals surface area contributed by atoms with Crippen molar-refractivity contribution in [2.24, 2.45) is 4.99 Å². The molecule has 0 spiro atoms. The fourth-order valence-electron chi connectivity index (χ4n) is 3.72. The van der Waals surface area contributed by atoms with Crippen LogP contribution in [0.5, 0.6) is 0 Å². The molecule has 1 fully saturated rings. The highest BCUT2D eigenvalue weighted by Gasteiger charge is 2.14. The van der Waals surface area contributed by atoms with Gasteiger partial charge in [0.1, 0.15) is 0 Å². The van der Waals surface area contributed by atoms with Crippen LogP contribution in [-0.2, 0) is 6.54 Å². The third-order valence-corrected chi connectivity index (χ3v) is 5.40. The summed E-state index contributed by atoms with van der Waals surface area (Å²) < 4.78 is 0. The molecule has 6 nitrogen and oxygen atoms in total. The molecule has 0 bridgehead atoms. The number of nitrogens with zero attached hydrogens (tertiary/aromatic N) is 2. The van der Waals surface area contributed by atoms with Gasteiger partial charge in [-0.05, 0) is 62.1 Å². The SMILES string of the molecule is CCNC(=O)c1cccc(CNC(=NC)NC(C)c2cccc(N3CCCC3)c2)c1.I. The van der Waals surface area contributed by atoms with E-state index in [4.69, 9.17) is 0 Å². The second-order valence-electron chi connectivity index (χ2n) is 7.64. The molecule has 0 radical (unpaired) electrons. The first-order chi connectivity index (χ1) is 14.6. The fourth-order valence-corrected chi connectivity index (χ4v) is 3.72. The van der Waals surface area contributed by atoms with Gasteiger partial charge in [0.2, 0.25) is 0 Å². The quantitative estimate of drug-likeness (QED) is 0.284. The Labute approximate surface area is 202 Å². The highest BCUT2D eigenvalue weighted by atomic mass is 127. The summed E-state index contributed by atoms with van der Waals surface area (Å²) in [5, 5.41) is 9.66. The molecule has 2 aromatic rings. The van der Waals surface area contributed by atoms with E-state index >= 15 is 0 Å². The number of halogens is 1. The van der Waals surface area contributed by atoms with Crippen LogP contribution in [0.15, 0.2) is 53.5 Å². The molecule has 1 aliphatic rings. The van der Waals surface area contributed by atoms with E-state index < -0.39 is 0 Å². The molecule has 7 heteroatoms. The van der Waals surface area contributed by atoms with Crippen molar-refractivity contribution in [3.63, 3.8) is 0 Å². The molecule has 3 N–H and O–H groups in total. The van der Waals surface area contributed by atoms with Crippen LogP contribution in [0.25, 0.3) is 0 Å². The van der Waals surface area contributed by atoms with Gasteiger partial charge >= 0.3 is 0 Å². The first kappa shape index (κ1) is 25.0. The average molecular weight is 535 g/mol. The number of carbonyl (C=O) groups is 1. The van der Waals surface area contributed by atoms with Crippen molar-refractivity contribution in [3.8, 4) is 0 Å². The van der Waals surface area contributed by atoms with E-state index in [-0.39, 0.29) is 35.9 Å². The molecule has 1 unspecified atom stereocenters. The smallest absolute Gasteiger partial charge is 0.251 e. The molecule has 1 amide bonds. The third kappa shape index (κ3) is 7.12. The molecular weight excluding hydrogens is 501 g/mol. The Hall–Kier alpha value is -2.29. The van der Waals surface area contributed by atoms with E-state index in [0.717, 1.165) is 24.6 Å². The van der Waals surface area contributed by atoms with E-state index in [1.165, 1.54) is 24.1 Å². The molecule has 0 aromatic heterocycles. The standard InChI is InChI=1S/C24H33N5O.HI/c1-4-26-23(30)21-11-7-9-19(15-21)17-27-24(25-3)28-18(2)20-10-8-12-22(16-20)29-13-5-6-14-29;/h7-12,15-16,18H,4-6,13-14,17H2,1-3H3,(H,26,30)(H2,25,27,28);1H. The Morgan fingerprint density at radius 2 is 1.84 bits per heavy atom. The minimum atomic E-state index is -0.0478. The van der Waals surface area contributed by atoms with Gasteiger partial charge in [-0.2, -0.15) is 0 Å². The summed E-state index contributed by atoms with van der Waals surface area (Å²) in [7, 11) is 1.77. The van der Waals surface area contributed by atoms with Gasteiger partial charge in [-0.15, -0.1) is 24.0 Å². The van der Waals surface area contributed by atoms with E-state index in [9.17, 15) is 4.79 Å². The van der Waals surface area contributed by atoms with Gasteiger partial charge < -0.3 is 20.9 Å². The largest absolute Gasteiger partial charge is 0.372 e. The minimum absolute atomic E-state index is 0. The lowest BCUT2D eigenvalue weighted by atomic mass is 10.1. The summed E-state index contributed by atoms with van der Waals surface area (Å²) in [5.74, 6) is 0.686. The maximum atomic E-state index is 12.0. The van der Waals surface area contributed by atoms with Crippen molar-refractivity contribution in [3.05, 3.63) is 65.2 Å². The number of benzene rings is 2. The number of aliphatic imine (C=N–C) groups is 1. The number of hydrogen-bond donors (Lipinski definition) is 3. The van der Waals surface area contributed by atoms with Crippen LogP contribution in [0.4, 0.5) is 5.69 Å². The van der Waals surface area contributed by atoms with Gasteiger partial charge in [0.15, 0.2) is 5.96 Å². The Morgan fingerprint density at radius 3 is 2.55 bits per heavy atom. The van der Waals surface area contributed by atoms with Gasteiger partial charge in [-0.3, -0.25) is 9.79 Å². The Morgan fingerprint density at radius 1 is 1.10 bits per heavy atom. The zero-order valence-corrected chi connectivity index (χ0v) is 21.0. The van der Waals surface area contributed by atoms with E-state index in [0.29, 0.717) is 18.7 Å². The monoisotopic (exact) mass is 535 g/mol. The Kier molecular flexibility index (Phi) is 10.1. The normalized spacial score (nSPS) is 14.5. The summed E-state index contributed by atoms with van der Waals surface area (Å²) in [5.41, 5.74) is 4.24. The number of hydrogen-bond acceptors (Lipinski definition) is 3. The molecule has 1 atom stereocenters.